The van der Waals surface area contributed by atoms with Crippen molar-refractivity contribution < 1.29 is 0 Å². The smallest absolute Gasteiger partial charge is 0.124 e. The van der Waals surface area contributed by atoms with Gasteiger partial charge in [-0.2, -0.15) is 0 Å². The number of nitrogens with one attached hydrogen (secondary N) is 1. The molecule has 0 saturated carbocycles. The molecular weight excluding hydrogens is 234 g/mol. The first-order valence-corrected chi connectivity index (χ1v) is 6.63. The molecule has 4 rings (SSSR count). The molecule has 3 heteroatoms. The Kier molecular flexibility index (Phi) is 2.38. The summed E-state index contributed by atoms with van der Waals surface area (Å²) in [7, 11) is 0. The van der Waals surface area contributed by atoms with Crippen LogP contribution < -0.4 is 10.2 Å². The fraction of sp³-hybridized carbons (Fsp3) is 0.188. The van der Waals surface area contributed by atoms with Gasteiger partial charge in [0.25, 0.3) is 0 Å². The summed E-state index contributed by atoms with van der Waals surface area (Å²) in [5, 5.41) is 3.46. The van der Waals surface area contributed by atoms with Gasteiger partial charge in [0.15, 0.2) is 0 Å². The molecule has 2 aromatic carbocycles. The molecule has 0 atom stereocenters. The summed E-state index contributed by atoms with van der Waals surface area (Å²) in [5.74, 6) is 1.11. The van der Waals surface area contributed by atoms with Gasteiger partial charge < -0.3 is 10.2 Å². The molecule has 0 radical (unpaired) electrons. The van der Waals surface area contributed by atoms with E-state index in [2.05, 4.69) is 58.7 Å². The molecule has 3 nitrogen and oxygen atoms in total. The SMILES string of the molecule is c1ccc2c(c1)CN1C(=N2)CNCc2ccccc21. The van der Waals surface area contributed by atoms with Gasteiger partial charge in [0, 0.05) is 12.2 Å². The van der Waals surface area contributed by atoms with Crippen LogP contribution in [0.1, 0.15) is 11.1 Å². The molecule has 2 heterocycles. The van der Waals surface area contributed by atoms with Crippen molar-refractivity contribution in [3.05, 3.63) is 59.7 Å². The lowest BCUT2D eigenvalue weighted by Gasteiger charge is -2.30. The third-order valence-electron chi connectivity index (χ3n) is 3.76. The average molecular weight is 249 g/mol. The van der Waals surface area contributed by atoms with Crippen LogP contribution in [0.5, 0.6) is 0 Å². The summed E-state index contributed by atoms with van der Waals surface area (Å²) in [6.45, 7) is 2.64. The van der Waals surface area contributed by atoms with Crippen molar-refractivity contribution in [2.24, 2.45) is 4.99 Å². The van der Waals surface area contributed by atoms with E-state index in [1.807, 2.05) is 0 Å². The first-order valence-electron chi connectivity index (χ1n) is 6.63. The van der Waals surface area contributed by atoms with Gasteiger partial charge in [-0.05, 0) is 23.3 Å². The summed E-state index contributed by atoms with van der Waals surface area (Å²) < 4.78 is 0. The highest BCUT2D eigenvalue weighted by atomic mass is 15.2. The summed E-state index contributed by atoms with van der Waals surface area (Å²) in [5.41, 5.74) is 5.02. The van der Waals surface area contributed by atoms with E-state index in [1.165, 1.54) is 16.8 Å². The average Bonchev–Trinajstić information content (AvgIpc) is 2.64. The minimum atomic E-state index is 0.822. The van der Waals surface area contributed by atoms with Crippen molar-refractivity contribution in [1.82, 2.24) is 5.32 Å². The van der Waals surface area contributed by atoms with Crippen molar-refractivity contribution in [3.8, 4) is 0 Å². The number of para-hydroxylation sites is 2. The predicted octanol–water partition coefficient (Wildman–Crippen LogP) is 2.84. The van der Waals surface area contributed by atoms with Crippen LogP contribution >= 0.6 is 0 Å². The molecule has 0 bridgehead atoms. The zero-order valence-electron chi connectivity index (χ0n) is 10.6. The molecule has 2 aliphatic rings. The zero-order chi connectivity index (χ0) is 12.7. The minimum absolute atomic E-state index is 0.822. The Labute approximate surface area is 112 Å². The van der Waals surface area contributed by atoms with Gasteiger partial charge in [0.05, 0.1) is 18.8 Å². The standard InChI is InChI=1S/C16H15N3/c1-3-7-14-13(6-1)11-19-15-8-4-2-5-12(15)9-17-10-16(19)18-14/h1-8,17H,9-11H2. The highest BCUT2D eigenvalue weighted by molar-refractivity contribution is 6.03. The van der Waals surface area contributed by atoms with Gasteiger partial charge in [-0.3, -0.25) is 0 Å². The molecule has 0 aromatic heterocycles. The molecule has 0 aliphatic carbocycles. The Hall–Kier alpha value is -2.13. The number of benzene rings is 2. The Morgan fingerprint density at radius 1 is 0.895 bits per heavy atom. The Morgan fingerprint density at radius 2 is 1.68 bits per heavy atom. The number of nitrogens with zero attached hydrogens (tertiary/aromatic N) is 2. The lowest BCUT2D eigenvalue weighted by Crippen LogP contribution is -2.37. The summed E-state index contributed by atoms with van der Waals surface area (Å²) in [6, 6.07) is 17.0. The van der Waals surface area contributed by atoms with Gasteiger partial charge in [0.1, 0.15) is 5.84 Å². The van der Waals surface area contributed by atoms with Crippen molar-refractivity contribution in [2.45, 2.75) is 13.1 Å². The summed E-state index contributed by atoms with van der Waals surface area (Å²) >= 11 is 0. The van der Waals surface area contributed by atoms with Crippen molar-refractivity contribution >= 4 is 17.2 Å². The van der Waals surface area contributed by atoms with Crippen LogP contribution in [0, 0.1) is 0 Å². The normalized spacial score (nSPS) is 16.8. The summed E-state index contributed by atoms with van der Waals surface area (Å²) in [4.78, 5) is 7.14. The Morgan fingerprint density at radius 3 is 2.63 bits per heavy atom. The van der Waals surface area contributed by atoms with E-state index in [9.17, 15) is 0 Å². The maximum absolute atomic E-state index is 4.81. The van der Waals surface area contributed by atoms with Crippen molar-refractivity contribution in [3.63, 3.8) is 0 Å². The summed E-state index contributed by atoms with van der Waals surface area (Å²) in [6.07, 6.45) is 0. The lowest BCUT2D eigenvalue weighted by atomic mass is 10.1. The number of aliphatic imine (C=N–C) groups is 1. The highest BCUT2D eigenvalue weighted by Crippen LogP contribution is 2.32. The number of amidine groups is 1. The van der Waals surface area contributed by atoms with E-state index in [0.717, 1.165) is 31.2 Å². The van der Waals surface area contributed by atoms with Crippen LogP contribution in [0.25, 0.3) is 0 Å². The molecule has 1 N–H and O–H groups in total. The fourth-order valence-electron chi connectivity index (χ4n) is 2.81. The number of anilines is 1. The maximum Gasteiger partial charge on any atom is 0.124 e. The quantitative estimate of drug-likeness (QED) is 0.777. The highest BCUT2D eigenvalue weighted by Gasteiger charge is 2.24. The molecule has 19 heavy (non-hydrogen) atoms. The molecule has 2 aliphatic heterocycles. The second-order valence-electron chi connectivity index (χ2n) is 4.98. The van der Waals surface area contributed by atoms with Crippen molar-refractivity contribution in [2.75, 3.05) is 11.4 Å². The zero-order valence-corrected chi connectivity index (χ0v) is 10.6. The molecule has 0 unspecified atom stereocenters. The maximum atomic E-state index is 4.81. The Bertz CT molecular complexity index is 661. The molecule has 2 aromatic rings. The van der Waals surface area contributed by atoms with E-state index in [1.54, 1.807) is 0 Å². The van der Waals surface area contributed by atoms with Gasteiger partial charge in [0.2, 0.25) is 0 Å². The van der Waals surface area contributed by atoms with E-state index in [0.29, 0.717) is 0 Å². The van der Waals surface area contributed by atoms with E-state index in [4.69, 9.17) is 4.99 Å². The fourth-order valence-corrected chi connectivity index (χ4v) is 2.81. The molecule has 0 saturated heterocycles. The number of fused-ring (bicyclic) bond motifs is 4. The first-order chi connectivity index (χ1) is 9.42. The van der Waals surface area contributed by atoms with Gasteiger partial charge in [-0.15, -0.1) is 0 Å². The van der Waals surface area contributed by atoms with Gasteiger partial charge in [-0.1, -0.05) is 36.4 Å². The van der Waals surface area contributed by atoms with E-state index in [-0.39, 0.29) is 0 Å². The van der Waals surface area contributed by atoms with Crippen molar-refractivity contribution in [1.29, 1.82) is 0 Å². The molecule has 0 fully saturated rings. The minimum Gasteiger partial charge on any atom is -0.324 e. The monoisotopic (exact) mass is 249 g/mol. The number of rotatable bonds is 0. The Balaban J connectivity index is 1.87. The van der Waals surface area contributed by atoms with E-state index < -0.39 is 0 Å². The second-order valence-corrected chi connectivity index (χ2v) is 4.98. The predicted molar refractivity (Wildman–Crippen MR) is 77.9 cm³/mol. The van der Waals surface area contributed by atoms with Crippen LogP contribution in [0.4, 0.5) is 11.4 Å². The molecule has 94 valence electrons. The molecular formula is C16H15N3. The van der Waals surface area contributed by atoms with Crippen LogP contribution in [-0.2, 0) is 13.1 Å². The van der Waals surface area contributed by atoms with E-state index >= 15 is 0 Å². The third kappa shape index (κ3) is 1.74. The number of hydrogen-bond donors (Lipinski definition) is 1. The van der Waals surface area contributed by atoms with Gasteiger partial charge >= 0.3 is 0 Å². The van der Waals surface area contributed by atoms with Gasteiger partial charge in [-0.25, -0.2) is 4.99 Å². The molecule has 0 amide bonds. The van der Waals surface area contributed by atoms with Crippen LogP contribution in [0.15, 0.2) is 53.5 Å². The third-order valence-corrected chi connectivity index (χ3v) is 3.76. The lowest BCUT2D eigenvalue weighted by molar-refractivity contribution is 0.783. The van der Waals surface area contributed by atoms with Crippen LogP contribution in [-0.4, -0.2) is 12.4 Å². The number of hydrogen-bond acceptors (Lipinski definition) is 3. The van der Waals surface area contributed by atoms with Crippen LogP contribution in [0.2, 0.25) is 0 Å². The second kappa shape index (κ2) is 4.21. The van der Waals surface area contributed by atoms with Crippen LogP contribution in [0.3, 0.4) is 0 Å². The largest absolute Gasteiger partial charge is 0.324 e. The molecule has 0 spiro atoms. The topological polar surface area (TPSA) is 27.6 Å². The first kappa shape index (κ1) is 10.8.